The Morgan fingerprint density at radius 3 is 2.48 bits per heavy atom. The second kappa shape index (κ2) is 8.05. The van der Waals surface area contributed by atoms with Crippen molar-refractivity contribution in [2.45, 2.75) is 12.6 Å². The smallest absolute Gasteiger partial charge is 0.258 e. The summed E-state index contributed by atoms with van der Waals surface area (Å²) in [5.74, 6) is -0.817. The van der Waals surface area contributed by atoms with Gasteiger partial charge in [-0.3, -0.25) is 4.79 Å². The van der Waals surface area contributed by atoms with E-state index in [4.69, 9.17) is 4.74 Å². The molecule has 2 aromatic carbocycles. The molecule has 0 aliphatic heterocycles. The van der Waals surface area contributed by atoms with E-state index in [1.54, 1.807) is 24.5 Å². The Labute approximate surface area is 144 Å². The number of amides is 1. The van der Waals surface area contributed by atoms with Crippen molar-refractivity contribution in [3.05, 3.63) is 78.4 Å². The summed E-state index contributed by atoms with van der Waals surface area (Å²) in [6.07, 6.45) is 3.15. The quantitative estimate of drug-likeness (QED) is 0.717. The summed E-state index contributed by atoms with van der Waals surface area (Å²) in [6.45, 7) is 0.0965. The van der Waals surface area contributed by atoms with Gasteiger partial charge in [0.2, 0.25) is 0 Å². The van der Waals surface area contributed by atoms with Crippen molar-refractivity contribution in [1.29, 1.82) is 0 Å². The lowest BCUT2D eigenvalue weighted by Gasteiger charge is -2.19. The van der Waals surface area contributed by atoms with E-state index in [0.29, 0.717) is 6.54 Å². The average Bonchev–Trinajstić information content (AvgIpc) is 3.14. The zero-order valence-electron chi connectivity index (χ0n) is 13.4. The van der Waals surface area contributed by atoms with Crippen molar-refractivity contribution in [2.24, 2.45) is 0 Å². The Morgan fingerprint density at radius 1 is 1.08 bits per heavy atom. The molecule has 25 heavy (non-hydrogen) atoms. The van der Waals surface area contributed by atoms with Crippen LogP contribution in [0.2, 0.25) is 0 Å². The number of benzene rings is 2. The number of ether oxygens (including phenoxy) is 1. The number of hydrogen-bond acceptors (Lipinski definition) is 4. The van der Waals surface area contributed by atoms with Gasteiger partial charge in [0.25, 0.3) is 5.91 Å². The molecular weight excluding hydrogens is 323 g/mol. The van der Waals surface area contributed by atoms with Gasteiger partial charge in [0, 0.05) is 0 Å². The van der Waals surface area contributed by atoms with Crippen LogP contribution in [-0.4, -0.2) is 27.5 Å². The van der Waals surface area contributed by atoms with Gasteiger partial charge in [-0.15, -0.1) is 0 Å². The molecule has 0 aliphatic carbocycles. The fourth-order valence-corrected chi connectivity index (χ4v) is 2.36. The largest absolute Gasteiger partial charge is 0.481 e. The van der Waals surface area contributed by atoms with E-state index in [2.05, 4.69) is 15.5 Å². The van der Waals surface area contributed by atoms with E-state index < -0.39 is 5.82 Å². The van der Waals surface area contributed by atoms with Crippen molar-refractivity contribution in [2.75, 3.05) is 6.61 Å². The number of aromatic nitrogens is 3. The maximum absolute atomic E-state index is 13.5. The zero-order valence-corrected chi connectivity index (χ0v) is 13.4. The van der Waals surface area contributed by atoms with Crippen molar-refractivity contribution in [1.82, 2.24) is 20.3 Å². The number of nitrogens with one attached hydrogen (secondary N) is 1. The summed E-state index contributed by atoms with van der Waals surface area (Å²) in [5.41, 5.74) is 0.916. The Morgan fingerprint density at radius 2 is 1.76 bits per heavy atom. The highest BCUT2D eigenvalue weighted by atomic mass is 19.1. The molecule has 0 radical (unpaired) electrons. The molecular formula is C18H17FN4O2. The van der Waals surface area contributed by atoms with Crippen LogP contribution in [0.15, 0.2) is 67.0 Å². The summed E-state index contributed by atoms with van der Waals surface area (Å²) in [4.78, 5) is 13.7. The van der Waals surface area contributed by atoms with Gasteiger partial charge < -0.3 is 10.1 Å². The van der Waals surface area contributed by atoms with Crippen LogP contribution in [0.3, 0.4) is 0 Å². The van der Waals surface area contributed by atoms with Gasteiger partial charge in [0.15, 0.2) is 18.2 Å². The highest BCUT2D eigenvalue weighted by molar-refractivity contribution is 5.78. The van der Waals surface area contributed by atoms with Crippen LogP contribution in [-0.2, 0) is 11.3 Å². The minimum absolute atomic E-state index is 0.0441. The molecule has 0 bridgehead atoms. The summed E-state index contributed by atoms with van der Waals surface area (Å²) < 4.78 is 18.8. The topological polar surface area (TPSA) is 69.0 Å². The molecule has 0 spiro atoms. The number of nitrogens with zero attached hydrogens (tertiary/aromatic N) is 3. The molecule has 1 N–H and O–H groups in total. The first kappa shape index (κ1) is 16.6. The monoisotopic (exact) mass is 340 g/mol. The first-order valence-electron chi connectivity index (χ1n) is 7.78. The van der Waals surface area contributed by atoms with Crippen LogP contribution in [0.1, 0.15) is 11.6 Å². The van der Waals surface area contributed by atoms with Crippen molar-refractivity contribution in [3.63, 3.8) is 0 Å². The lowest BCUT2D eigenvalue weighted by Crippen LogP contribution is -2.35. The molecule has 1 heterocycles. The number of rotatable bonds is 7. The number of carbonyl (C=O) groups is 1. The summed E-state index contributed by atoms with van der Waals surface area (Å²) in [5, 5.41) is 11.0. The maximum Gasteiger partial charge on any atom is 0.258 e. The van der Waals surface area contributed by atoms with Crippen LogP contribution in [0.25, 0.3) is 0 Å². The molecule has 1 amide bonds. The Balaban J connectivity index is 1.65. The minimum atomic E-state index is -0.504. The first-order chi connectivity index (χ1) is 12.2. The number of halogens is 1. The van der Waals surface area contributed by atoms with Gasteiger partial charge in [-0.05, 0) is 17.7 Å². The van der Waals surface area contributed by atoms with Crippen LogP contribution < -0.4 is 10.1 Å². The fraction of sp³-hybridized carbons (Fsp3) is 0.167. The SMILES string of the molecule is O=C(COc1ccccc1F)N[C@H](Cn1nccn1)c1ccccc1. The zero-order chi connectivity index (χ0) is 17.5. The molecule has 1 aromatic heterocycles. The third-order valence-electron chi connectivity index (χ3n) is 3.55. The van der Waals surface area contributed by atoms with Gasteiger partial charge >= 0.3 is 0 Å². The molecule has 7 heteroatoms. The lowest BCUT2D eigenvalue weighted by molar-refractivity contribution is -0.124. The molecule has 1 atom stereocenters. The molecule has 0 unspecified atom stereocenters. The van der Waals surface area contributed by atoms with E-state index in [9.17, 15) is 9.18 Å². The molecule has 0 fully saturated rings. The lowest BCUT2D eigenvalue weighted by atomic mass is 10.1. The van der Waals surface area contributed by atoms with Gasteiger partial charge in [-0.25, -0.2) is 4.39 Å². The highest BCUT2D eigenvalue weighted by Gasteiger charge is 2.16. The first-order valence-corrected chi connectivity index (χ1v) is 7.78. The summed E-state index contributed by atoms with van der Waals surface area (Å²) in [6, 6.07) is 15.1. The van der Waals surface area contributed by atoms with Crippen LogP contribution >= 0.6 is 0 Å². The second-order valence-electron chi connectivity index (χ2n) is 5.33. The average molecular weight is 340 g/mol. The molecule has 6 nitrogen and oxygen atoms in total. The number of para-hydroxylation sites is 1. The Hall–Kier alpha value is -3.22. The van der Waals surface area contributed by atoms with Gasteiger partial charge in [0.05, 0.1) is 25.0 Å². The van der Waals surface area contributed by atoms with Crippen molar-refractivity contribution >= 4 is 5.91 Å². The second-order valence-corrected chi connectivity index (χ2v) is 5.33. The van der Waals surface area contributed by atoms with E-state index >= 15 is 0 Å². The van der Waals surface area contributed by atoms with E-state index in [-0.39, 0.29) is 24.3 Å². The summed E-state index contributed by atoms with van der Waals surface area (Å²) >= 11 is 0. The Bertz CT molecular complexity index is 809. The van der Waals surface area contributed by atoms with Gasteiger partial charge in [0.1, 0.15) is 0 Å². The number of carbonyl (C=O) groups excluding carboxylic acids is 1. The molecule has 0 saturated heterocycles. The molecule has 128 valence electrons. The third-order valence-corrected chi connectivity index (χ3v) is 3.55. The predicted molar refractivity (Wildman–Crippen MR) is 89.2 cm³/mol. The highest BCUT2D eigenvalue weighted by Crippen LogP contribution is 2.16. The van der Waals surface area contributed by atoms with Crippen LogP contribution in [0.4, 0.5) is 4.39 Å². The van der Waals surface area contributed by atoms with Crippen LogP contribution in [0.5, 0.6) is 5.75 Å². The number of hydrogen-bond donors (Lipinski definition) is 1. The molecule has 3 rings (SSSR count). The van der Waals surface area contributed by atoms with E-state index in [1.165, 1.54) is 16.9 Å². The summed E-state index contributed by atoms with van der Waals surface area (Å²) in [7, 11) is 0. The van der Waals surface area contributed by atoms with Gasteiger partial charge in [-0.1, -0.05) is 42.5 Å². The van der Waals surface area contributed by atoms with Crippen LogP contribution in [0, 0.1) is 5.82 Å². The predicted octanol–water partition coefficient (Wildman–Crippen LogP) is 2.35. The maximum atomic E-state index is 13.5. The normalized spacial score (nSPS) is 11.7. The van der Waals surface area contributed by atoms with Gasteiger partial charge in [-0.2, -0.15) is 15.0 Å². The van der Waals surface area contributed by atoms with Crippen molar-refractivity contribution < 1.29 is 13.9 Å². The standard InChI is InChI=1S/C18H17FN4O2/c19-15-8-4-5-9-17(15)25-13-18(24)22-16(12-23-20-10-11-21-23)14-6-2-1-3-7-14/h1-11,16H,12-13H2,(H,22,24)/t16-/m1/s1. The third kappa shape index (κ3) is 4.63. The van der Waals surface area contributed by atoms with Crippen molar-refractivity contribution in [3.8, 4) is 5.75 Å². The minimum Gasteiger partial charge on any atom is -0.481 e. The molecule has 0 aliphatic rings. The Kier molecular flexibility index (Phi) is 5.36. The van der Waals surface area contributed by atoms with E-state index in [0.717, 1.165) is 5.56 Å². The van der Waals surface area contributed by atoms with E-state index in [1.807, 2.05) is 30.3 Å². The molecule has 3 aromatic rings. The fourth-order valence-electron chi connectivity index (χ4n) is 2.36. The molecule has 0 saturated carbocycles.